The Labute approximate surface area is 135 Å². The van der Waals surface area contributed by atoms with Crippen molar-refractivity contribution in [2.45, 2.75) is 52.2 Å². The second-order valence-corrected chi connectivity index (χ2v) is 6.44. The fraction of sp³-hybridized carbons (Fsp3) is 0.733. The molecule has 0 radical (unpaired) electrons. The summed E-state index contributed by atoms with van der Waals surface area (Å²) in [5.41, 5.74) is -0.752. The van der Waals surface area contributed by atoms with Gasteiger partial charge in [0.05, 0.1) is 13.2 Å². The van der Waals surface area contributed by atoms with E-state index in [0.29, 0.717) is 6.42 Å². The lowest BCUT2D eigenvalue weighted by Crippen LogP contribution is -2.61. The first-order chi connectivity index (χ1) is 10.6. The zero-order chi connectivity index (χ0) is 17.8. The average molecular weight is 328 g/mol. The van der Waals surface area contributed by atoms with Crippen LogP contribution in [0, 0.1) is 0 Å². The van der Waals surface area contributed by atoms with Crippen LogP contribution in [0.25, 0.3) is 0 Å². The molecule has 0 spiro atoms. The minimum atomic E-state index is -0.906. The van der Waals surface area contributed by atoms with Crippen LogP contribution in [0.15, 0.2) is 0 Å². The zero-order valence-corrected chi connectivity index (χ0v) is 14.2. The summed E-state index contributed by atoms with van der Waals surface area (Å²) >= 11 is 0. The van der Waals surface area contributed by atoms with Crippen LogP contribution in [-0.4, -0.2) is 65.5 Å². The van der Waals surface area contributed by atoms with Gasteiger partial charge in [0.25, 0.3) is 0 Å². The Hall–Kier alpha value is -2.12. The van der Waals surface area contributed by atoms with Crippen LogP contribution in [0.5, 0.6) is 0 Å². The molecule has 1 aliphatic rings. The van der Waals surface area contributed by atoms with E-state index in [4.69, 9.17) is 4.74 Å². The fourth-order valence-corrected chi connectivity index (χ4v) is 2.21. The highest BCUT2D eigenvalue weighted by Crippen LogP contribution is 2.17. The number of nitrogens with zero attached hydrogens (tertiary/aromatic N) is 2. The smallest absolute Gasteiger partial charge is 0.417 e. The van der Waals surface area contributed by atoms with Crippen molar-refractivity contribution in [3.8, 4) is 0 Å². The summed E-state index contributed by atoms with van der Waals surface area (Å²) in [6.07, 6.45) is -0.263. The summed E-state index contributed by atoms with van der Waals surface area (Å²) in [6, 6.07) is -0.492. The van der Waals surface area contributed by atoms with E-state index >= 15 is 0 Å². The van der Waals surface area contributed by atoms with E-state index in [1.165, 1.54) is 12.0 Å². The number of amides is 3. The van der Waals surface area contributed by atoms with Gasteiger partial charge < -0.3 is 14.4 Å². The van der Waals surface area contributed by atoms with Crippen molar-refractivity contribution in [2.24, 2.45) is 0 Å². The van der Waals surface area contributed by atoms with E-state index in [-0.39, 0.29) is 25.5 Å². The standard InChI is InChI=1S/C15H24N2O6/c1-10-9-16(8-6-7-11(18)22-5)12(19)13(20)17(10)14(21)23-15(2,3)4/h10H,6-9H2,1-5H3. The second kappa shape index (κ2) is 7.43. The molecule has 0 aromatic rings. The molecule has 1 saturated heterocycles. The lowest BCUT2D eigenvalue weighted by molar-refractivity contribution is -0.157. The van der Waals surface area contributed by atoms with Gasteiger partial charge in [-0.1, -0.05) is 0 Å². The molecule has 8 heteroatoms. The van der Waals surface area contributed by atoms with Gasteiger partial charge in [0.2, 0.25) is 0 Å². The Kier molecular flexibility index (Phi) is 6.12. The van der Waals surface area contributed by atoms with Crippen molar-refractivity contribution in [1.82, 2.24) is 9.80 Å². The van der Waals surface area contributed by atoms with Gasteiger partial charge in [-0.3, -0.25) is 14.4 Å². The SMILES string of the molecule is COC(=O)CCCN1CC(C)N(C(=O)OC(C)(C)C)C(=O)C1=O. The van der Waals surface area contributed by atoms with Crippen LogP contribution in [0.3, 0.4) is 0 Å². The van der Waals surface area contributed by atoms with Gasteiger partial charge in [-0.25, -0.2) is 9.69 Å². The second-order valence-electron chi connectivity index (χ2n) is 6.44. The molecule has 130 valence electrons. The van der Waals surface area contributed by atoms with Gasteiger partial charge >= 0.3 is 23.9 Å². The van der Waals surface area contributed by atoms with Crippen LogP contribution < -0.4 is 0 Å². The van der Waals surface area contributed by atoms with Crippen molar-refractivity contribution in [1.29, 1.82) is 0 Å². The predicted molar refractivity (Wildman–Crippen MR) is 80.4 cm³/mol. The van der Waals surface area contributed by atoms with Crippen molar-refractivity contribution in [3.63, 3.8) is 0 Å². The monoisotopic (exact) mass is 328 g/mol. The van der Waals surface area contributed by atoms with Gasteiger partial charge in [-0.05, 0) is 34.1 Å². The van der Waals surface area contributed by atoms with Crippen molar-refractivity contribution >= 4 is 23.9 Å². The topological polar surface area (TPSA) is 93.2 Å². The van der Waals surface area contributed by atoms with Gasteiger partial charge in [0.15, 0.2) is 0 Å². The first-order valence-electron chi connectivity index (χ1n) is 7.49. The quantitative estimate of drug-likeness (QED) is 0.563. The molecule has 1 heterocycles. The van der Waals surface area contributed by atoms with Crippen molar-refractivity contribution < 1.29 is 28.7 Å². The number of carbonyl (C=O) groups excluding carboxylic acids is 4. The molecular formula is C15H24N2O6. The number of rotatable bonds is 4. The van der Waals surface area contributed by atoms with Gasteiger partial charge in [0.1, 0.15) is 5.60 Å². The molecule has 1 aliphatic heterocycles. The van der Waals surface area contributed by atoms with Crippen LogP contribution in [0.1, 0.15) is 40.5 Å². The third-order valence-corrected chi connectivity index (χ3v) is 3.24. The number of hydrogen-bond donors (Lipinski definition) is 0. The lowest BCUT2D eigenvalue weighted by atomic mass is 10.1. The Balaban J connectivity index is 2.68. The molecule has 1 rings (SSSR count). The summed E-state index contributed by atoms with van der Waals surface area (Å²) in [6.45, 7) is 7.19. The summed E-state index contributed by atoms with van der Waals surface area (Å²) < 4.78 is 9.69. The van der Waals surface area contributed by atoms with Crippen molar-refractivity contribution in [3.05, 3.63) is 0 Å². The molecule has 1 unspecified atom stereocenters. The molecular weight excluding hydrogens is 304 g/mol. The average Bonchev–Trinajstić information content (AvgIpc) is 2.42. The summed E-state index contributed by atoms with van der Waals surface area (Å²) in [4.78, 5) is 49.6. The molecule has 1 atom stereocenters. The predicted octanol–water partition coefficient (Wildman–Crippen LogP) is 0.934. The molecule has 8 nitrogen and oxygen atoms in total. The number of esters is 1. The lowest BCUT2D eigenvalue weighted by Gasteiger charge is -2.38. The molecule has 0 saturated carbocycles. The first kappa shape index (κ1) is 18.9. The molecule has 23 heavy (non-hydrogen) atoms. The highest BCUT2D eigenvalue weighted by molar-refractivity contribution is 6.38. The number of hydrogen-bond acceptors (Lipinski definition) is 6. The number of methoxy groups -OCH3 is 1. The molecule has 0 aliphatic carbocycles. The number of piperazine rings is 1. The minimum absolute atomic E-state index is 0.165. The molecule has 0 aromatic heterocycles. The van der Waals surface area contributed by atoms with Crippen LogP contribution >= 0.6 is 0 Å². The van der Waals surface area contributed by atoms with Crippen molar-refractivity contribution in [2.75, 3.05) is 20.2 Å². The van der Waals surface area contributed by atoms with E-state index in [0.717, 1.165) is 4.90 Å². The number of carbonyl (C=O) groups is 4. The Morgan fingerprint density at radius 3 is 2.35 bits per heavy atom. The summed E-state index contributed by atoms with van der Waals surface area (Å²) in [7, 11) is 1.29. The third kappa shape index (κ3) is 5.22. The van der Waals surface area contributed by atoms with Gasteiger partial charge in [0, 0.05) is 19.5 Å². The highest BCUT2D eigenvalue weighted by atomic mass is 16.6. The first-order valence-corrected chi connectivity index (χ1v) is 7.49. The van der Waals surface area contributed by atoms with Crippen LogP contribution in [-0.2, 0) is 23.9 Å². The maximum absolute atomic E-state index is 12.2. The Morgan fingerprint density at radius 1 is 1.22 bits per heavy atom. The fourth-order valence-electron chi connectivity index (χ4n) is 2.21. The molecule has 0 N–H and O–H groups in total. The van der Waals surface area contributed by atoms with E-state index in [1.807, 2.05) is 0 Å². The largest absolute Gasteiger partial charge is 0.469 e. The third-order valence-electron chi connectivity index (χ3n) is 3.24. The minimum Gasteiger partial charge on any atom is -0.469 e. The van der Waals surface area contributed by atoms with Crippen LogP contribution in [0.4, 0.5) is 4.79 Å². The highest BCUT2D eigenvalue weighted by Gasteiger charge is 2.42. The summed E-state index contributed by atoms with van der Waals surface area (Å²) in [5.74, 6) is -2.04. The molecule has 0 bridgehead atoms. The molecule has 3 amide bonds. The Morgan fingerprint density at radius 2 is 1.83 bits per heavy atom. The van der Waals surface area contributed by atoms with Gasteiger partial charge in [-0.2, -0.15) is 0 Å². The normalized spacial score (nSPS) is 18.9. The summed E-state index contributed by atoms with van der Waals surface area (Å²) in [5, 5.41) is 0. The molecule has 1 fully saturated rings. The molecule has 0 aromatic carbocycles. The van der Waals surface area contributed by atoms with E-state index in [1.54, 1.807) is 27.7 Å². The van der Waals surface area contributed by atoms with E-state index < -0.39 is 29.6 Å². The maximum atomic E-state index is 12.2. The number of imide groups is 1. The van der Waals surface area contributed by atoms with E-state index in [2.05, 4.69) is 4.74 Å². The maximum Gasteiger partial charge on any atom is 0.417 e. The zero-order valence-electron chi connectivity index (χ0n) is 14.2. The van der Waals surface area contributed by atoms with Gasteiger partial charge in [-0.15, -0.1) is 0 Å². The Bertz CT molecular complexity index is 497. The number of ether oxygens (including phenoxy) is 2. The van der Waals surface area contributed by atoms with E-state index in [9.17, 15) is 19.2 Å². The van der Waals surface area contributed by atoms with Crippen LogP contribution in [0.2, 0.25) is 0 Å².